The molecule has 0 aromatic heterocycles. The van der Waals surface area contributed by atoms with Crippen LogP contribution in [0.5, 0.6) is 0 Å². The van der Waals surface area contributed by atoms with Gasteiger partial charge >= 0.3 is 0 Å². The van der Waals surface area contributed by atoms with Crippen molar-refractivity contribution in [3.8, 4) is 0 Å². The lowest BCUT2D eigenvalue weighted by atomic mass is 10.3. The average molecular weight is 102 g/mol. The van der Waals surface area contributed by atoms with E-state index in [-0.39, 0.29) is 12.3 Å². The standard InChI is InChI=1S/C4H8NO2/c1-3(6)4(7)2-5/h4-5,7H,2H2,1H3. The number of hydrogen-bond acceptors (Lipinski definition) is 2. The molecule has 3 nitrogen and oxygen atoms in total. The van der Waals surface area contributed by atoms with E-state index in [9.17, 15) is 4.79 Å². The number of aliphatic hydroxyl groups is 1. The number of rotatable bonds is 2. The Hall–Kier alpha value is -0.410. The van der Waals surface area contributed by atoms with Crippen LogP contribution in [-0.2, 0) is 4.79 Å². The van der Waals surface area contributed by atoms with Crippen molar-refractivity contribution < 1.29 is 9.90 Å². The molecule has 0 bridgehead atoms. The van der Waals surface area contributed by atoms with Gasteiger partial charge in [0.15, 0.2) is 5.78 Å². The molecule has 1 atom stereocenters. The molecule has 0 aromatic rings. The van der Waals surface area contributed by atoms with Crippen molar-refractivity contribution in [2.45, 2.75) is 13.0 Å². The van der Waals surface area contributed by atoms with Crippen LogP contribution in [0.25, 0.3) is 0 Å². The molecule has 0 heterocycles. The first-order valence-electron chi connectivity index (χ1n) is 2.01. The molecule has 0 fully saturated rings. The molecule has 0 rings (SSSR count). The minimum Gasteiger partial charge on any atom is -0.384 e. The van der Waals surface area contributed by atoms with Crippen molar-refractivity contribution in [2.24, 2.45) is 0 Å². The Morgan fingerprint density at radius 1 is 2.00 bits per heavy atom. The summed E-state index contributed by atoms with van der Waals surface area (Å²) < 4.78 is 0. The van der Waals surface area contributed by atoms with Crippen molar-refractivity contribution in [1.29, 1.82) is 0 Å². The fourth-order valence-corrected chi connectivity index (χ4v) is 0.144. The predicted molar refractivity (Wildman–Crippen MR) is 24.7 cm³/mol. The Morgan fingerprint density at radius 3 is 2.43 bits per heavy atom. The molecule has 0 aliphatic heterocycles. The van der Waals surface area contributed by atoms with Crippen LogP contribution in [-0.4, -0.2) is 23.5 Å². The Balaban J connectivity index is 3.34. The largest absolute Gasteiger partial charge is 0.384 e. The van der Waals surface area contributed by atoms with Crippen LogP contribution in [0.3, 0.4) is 0 Å². The van der Waals surface area contributed by atoms with Crippen LogP contribution in [0.15, 0.2) is 0 Å². The maximum absolute atomic E-state index is 10.0. The van der Waals surface area contributed by atoms with Gasteiger partial charge in [-0.15, -0.1) is 0 Å². The van der Waals surface area contributed by atoms with Crippen molar-refractivity contribution in [1.82, 2.24) is 5.73 Å². The molecule has 1 radical (unpaired) electrons. The van der Waals surface area contributed by atoms with E-state index in [2.05, 4.69) is 0 Å². The molecule has 2 N–H and O–H groups in total. The SMILES string of the molecule is CC(=O)C(O)C[NH]. The van der Waals surface area contributed by atoms with Crippen LogP contribution < -0.4 is 5.73 Å². The Morgan fingerprint density at radius 2 is 2.43 bits per heavy atom. The summed E-state index contributed by atoms with van der Waals surface area (Å²) in [6.07, 6.45) is -1.07. The summed E-state index contributed by atoms with van der Waals surface area (Å²) in [6.45, 7) is 1.04. The molecule has 0 aliphatic carbocycles. The lowest BCUT2D eigenvalue weighted by Gasteiger charge is -1.97. The fourth-order valence-electron chi connectivity index (χ4n) is 0.144. The van der Waals surface area contributed by atoms with Crippen molar-refractivity contribution in [3.63, 3.8) is 0 Å². The summed E-state index contributed by atoms with van der Waals surface area (Å²) in [6, 6.07) is 0. The van der Waals surface area contributed by atoms with Gasteiger partial charge in [0.05, 0.1) is 0 Å². The number of carbonyl (C=O) groups is 1. The second-order valence-electron chi connectivity index (χ2n) is 1.33. The third-order valence-corrected chi connectivity index (χ3v) is 0.663. The summed E-state index contributed by atoms with van der Waals surface area (Å²) in [5.74, 6) is -0.338. The van der Waals surface area contributed by atoms with Gasteiger partial charge in [-0.1, -0.05) is 0 Å². The van der Waals surface area contributed by atoms with Gasteiger partial charge in [-0.2, -0.15) is 0 Å². The predicted octanol–water partition coefficient (Wildman–Crippen LogP) is -0.781. The monoisotopic (exact) mass is 102 g/mol. The highest BCUT2D eigenvalue weighted by molar-refractivity contribution is 5.80. The quantitative estimate of drug-likeness (QED) is 0.497. The molecule has 0 amide bonds. The third kappa shape index (κ3) is 2.31. The molecular formula is C4H8NO2. The van der Waals surface area contributed by atoms with Gasteiger partial charge in [0.1, 0.15) is 6.10 Å². The van der Waals surface area contributed by atoms with Crippen LogP contribution in [0.2, 0.25) is 0 Å². The number of ketones is 1. The minimum absolute atomic E-state index is 0.227. The summed E-state index contributed by atoms with van der Waals surface area (Å²) in [5.41, 5.74) is 6.47. The van der Waals surface area contributed by atoms with E-state index in [0.717, 1.165) is 0 Å². The first-order valence-corrected chi connectivity index (χ1v) is 2.01. The van der Waals surface area contributed by atoms with E-state index in [1.54, 1.807) is 0 Å². The molecule has 1 unspecified atom stereocenters. The first-order chi connectivity index (χ1) is 3.18. The molecule has 3 heteroatoms. The maximum Gasteiger partial charge on any atom is 0.159 e. The molecular weight excluding hydrogens is 94.0 g/mol. The average Bonchev–Trinajstić information content (AvgIpc) is 1.65. The first kappa shape index (κ1) is 6.59. The van der Waals surface area contributed by atoms with E-state index in [4.69, 9.17) is 10.8 Å². The molecule has 0 aliphatic rings. The van der Waals surface area contributed by atoms with Gasteiger partial charge in [0.25, 0.3) is 0 Å². The molecule has 41 valence electrons. The second kappa shape index (κ2) is 2.71. The molecule has 0 spiro atoms. The lowest BCUT2D eigenvalue weighted by molar-refractivity contribution is -0.124. The van der Waals surface area contributed by atoms with E-state index >= 15 is 0 Å². The van der Waals surface area contributed by atoms with Gasteiger partial charge in [0, 0.05) is 6.54 Å². The van der Waals surface area contributed by atoms with Gasteiger partial charge in [-0.05, 0) is 6.92 Å². The molecule has 0 aromatic carbocycles. The van der Waals surface area contributed by atoms with E-state index in [1.807, 2.05) is 0 Å². The van der Waals surface area contributed by atoms with E-state index < -0.39 is 6.10 Å². The normalized spacial score (nSPS) is 13.6. The summed E-state index contributed by atoms with van der Waals surface area (Å²) in [4.78, 5) is 10.0. The van der Waals surface area contributed by atoms with E-state index in [1.165, 1.54) is 6.92 Å². The maximum atomic E-state index is 10.0. The zero-order valence-corrected chi connectivity index (χ0v) is 4.14. The summed E-state index contributed by atoms with van der Waals surface area (Å²) in [7, 11) is 0. The van der Waals surface area contributed by atoms with Crippen LogP contribution in [0.4, 0.5) is 0 Å². The van der Waals surface area contributed by atoms with Gasteiger partial charge in [-0.25, -0.2) is 0 Å². The smallest absolute Gasteiger partial charge is 0.159 e. The van der Waals surface area contributed by atoms with Gasteiger partial charge in [0.2, 0.25) is 0 Å². The number of Topliss-reactive ketones (excluding diaryl/α,β-unsaturated/α-hetero) is 1. The Labute approximate surface area is 42.1 Å². The number of aliphatic hydroxyl groups excluding tert-OH is 1. The zero-order valence-electron chi connectivity index (χ0n) is 4.14. The molecule has 0 saturated carbocycles. The molecule has 0 saturated heterocycles. The highest BCUT2D eigenvalue weighted by atomic mass is 16.3. The van der Waals surface area contributed by atoms with Crippen molar-refractivity contribution in [3.05, 3.63) is 0 Å². The van der Waals surface area contributed by atoms with Gasteiger partial charge in [-0.3, -0.25) is 10.5 Å². The Bertz CT molecular complexity index is 72.1. The highest BCUT2D eigenvalue weighted by Gasteiger charge is 2.04. The zero-order chi connectivity index (χ0) is 5.86. The number of hydrogen-bond donors (Lipinski definition) is 1. The second-order valence-corrected chi connectivity index (χ2v) is 1.33. The van der Waals surface area contributed by atoms with Crippen molar-refractivity contribution >= 4 is 5.78 Å². The Kier molecular flexibility index (Phi) is 2.55. The van der Waals surface area contributed by atoms with Crippen LogP contribution in [0.1, 0.15) is 6.92 Å². The van der Waals surface area contributed by atoms with Gasteiger partial charge < -0.3 is 5.11 Å². The topological polar surface area (TPSA) is 61.1 Å². The third-order valence-electron chi connectivity index (χ3n) is 0.663. The van der Waals surface area contributed by atoms with E-state index in [0.29, 0.717) is 0 Å². The van der Waals surface area contributed by atoms with Crippen molar-refractivity contribution in [2.75, 3.05) is 6.54 Å². The number of carbonyl (C=O) groups excluding carboxylic acids is 1. The van der Waals surface area contributed by atoms with Crippen LogP contribution in [0, 0.1) is 0 Å². The lowest BCUT2D eigenvalue weighted by Crippen LogP contribution is -2.21. The van der Waals surface area contributed by atoms with Crippen LogP contribution >= 0.6 is 0 Å². The minimum atomic E-state index is -1.07. The summed E-state index contributed by atoms with van der Waals surface area (Å²) in [5, 5.41) is 8.40. The molecule has 7 heavy (non-hydrogen) atoms. The highest BCUT2D eigenvalue weighted by Crippen LogP contribution is 1.78. The number of nitrogens with one attached hydrogen (secondary N) is 1. The fraction of sp³-hybridized carbons (Fsp3) is 0.750. The summed E-state index contributed by atoms with van der Waals surface area (Å²) >= 11 is 0.